The molecule has 0 unspecified atom stereocenters. The molecule has 1 amide bonds. The molecule has 0 aliphatic carbocycles. The number of halogens is 2. The zero-order chi connectivity index (χ0) is 27.1. The summed E-state index contributed by atoms with van der Waals surface area (Å²) in [6, 6.07) is 5.69. The first-order chi connectivity index (χ1) is 18.4. The molecule has 1 saturated heterocycles. The first kappa shape index (κ1) is 27.0. The van der Waals surface area contributed by atoms with E-state index in [9.17, 15) is 13.6 Å². The Hall–Kier alpha value is -4.07. The molecule has 1 fully saturated rings. The first-order valence-corrected chi connectivity index (χ1v) is 12.4. The lowest BCUT2D eigenvalue weighted by atomic mass is 10.1. The van der Waals surface area contributed by atoms with E-state index in [2.05, 4.69) is 45.3 Å². The Morgan fingerprint density at radius 1 is 1.26 bits per heavy atom. The maximum Gasteiger partial charge on any atom is 0.248 e. The third-order valence-electron chi connectivity index (χ3n) is 6.15. The highest BCUT2D eigenvalue weighted by molar-refractivity contribution is 6.03. The molecule has 0 spiro atoms. The van der Waals surface area contributed by atoms with Crippen LogP contribution in [0.1, 0.15) is 25.8 Å². The number of nitrogens with one attached hydrogen (secondary N) is 2. The molecule has 1 aliphatic heterocycles. The van der Waals surface area contributed by atoms with E-state index in [4.69, 9.17) is 15.9 Å². The third kappa shape index (κ3) is 6.43. The van der Waals surface area contributed by atoms with E-state index >= 15 is 0 Å². The fourth-order valence-corrected chi connectivity index (χ4v) is 4.03. The van der Waals surface area contributed by atoms with Gasteiger partial charge in [-0.25, -0.2) is 18.7 Å². The SMILES string of the molecule is C#Cc1cc(Nc2ncnc3cc(O[C@H]4CCOC4)c(NC(=O)C=CCN(CC)CC)cc23)cc(F)c1F. The zero-order valence-electron chi connectivity index (χ0n) is 21.3. The summed E-state index contributed by atoms with van der Waals surface area (Å²) < 4.78 is 39.5. The monoisotopic (exact) mass is 521 g/mol. The molecule has 0 saturated carbocycles. The number of hydrogen-bond acceptors (Lipinski definition) is 7. The van der Waals surface area contributed by atoms with Crippen molar-refractivity contribution in [3.63, 3.8) is 0 Å². The van der Waals surface area contributed by atoms with Crippen molar-refractivity contribution in [3.05, 3.63) is 59.9 Å². The molecule has 10 heteroatoms. The van der Waals surface area contributed by atoms with Crippen molar-refractivity contribution in [3.8, 4) is 18.1 Å². The average molecular weight is 522 g/mol. The minimum absolute atomic E-state index is 0.162. The fourth-order valence-electron chi connectivity index (χ4n) is 4.03. The molecular weight excluding hydrogens is 492 g/mol. The number of carbonyl (C=O) groups is 1. The molecule has 0 radical (unpaired) electrons. The summed E-state index contributed by atoms with van der Waals surface area (Å²) in [6.45, 7) is 7.57. The molecule has 38 heavy (non-hydrogen) atoms. The summed E-state index contributed by atoms with van der Waals surface area (Å²) in [5.41, 5.74) is 0.926. The Morgan fingerprint density at radius 3 is 2.79 bits per heavy atom. The van der Waals surface area contributed by atoms with Crippen LogP contribution in [0, 0.1) is 24.0 Å². The van der Waals surface area contributed by atoms with Crippen LogP contribution in [0.2, 0.25) is 0 Å². The number of likely N-dealkylation sites (N-methyl/N-ethyl adjacent to an activating group) is 1. The lowest BCUT2D eigenvalue weighted by molar-refractivity contribution is -0.111. The van der Waals surface area contributed by atoms with E-state index < -0.39 is 11.6 Å². The predicted molar refractivity (Wildman–Crippen MR) is 143 cm³/mol. The van der Waals surface area contributed by atoms with Crippen molar-refractivity contribution in [1.82, 2.24) is 14.9 Å². The van der Waals surface area contributed by atoms with Crippen molar-refractivity contribution < 1.29 is 23.0 Å². The van der Waals surface area contributed by atoms with Gasteiger partial charge in [-0.15, -0.1) is 6.42 Å². The van der Waals surface area contributed by atoms with E-state index in [0.29, 0.717) is 47.9 Å². The number of anilines is 3. The standard InChI is InChI=1S/C28H29F2N5O3/c1-4-18-12-19(13-22(29)27(18)30)33-28-21-14-24(34-26(36)8-7-10-35(5-2)6-3)25(15-23(21)31-17-32-28)38-20-9-11-37-16-20/h1,7-8,12-15,17,20H,5-6,9-11,16H2,2-3H3,(H,34,36)(H,31,32,33)/t20-/m0/s1. The third-order valence-corrected chi connectivity index (χ3v) is 6.15. The van der Waals surface area contributed by atoms with Gasteiger partial charge in [0.2, 0.25) is 5.91 Å². The molecule has 1 aliphatic rings. The Kier molecular flexibility index (Phi) is 8.84. The number of fused-ring (bicyclic) bond motifs is 1. The highest BCUT2D eigenvalue weighted by Gasteiger charge is 2.21. The van der Waals surface area contributed by atoms with Gasteiger partial charge in [-0.3, -0.25) is 4.79 Å². The number of terminal acetylenes is 1. The van der Waals surface area contributed by atoms with Gasteiger partial charge in [0.05, 0.1) is 30.0 Å². The molecule has 198 valence electrons. The van der Waals surface area contributed by atoms with Crippen LogP contribution >= 0.6 is 0 Å². The minimum Gasteiger partial charge on any atom is -0.486 e. The van der Waals surface area contributed by atoms with Gasteiger partial charge in [0.1, 0.15) is 24.0 Å². The van der Waals surface area contributed by atoms with Gasteiger partial charge in [0, 0.05) is 42.2 Å². The van der Waals surface area contributed by atoms with Gasteiger partial charge >= 0.3 is 0 Å². The molecule has 2 heterocycles. The van der Waals surface area contributed by atoms with Gasteiger partial charge in [0.25, 0.3) is 0 Å². The van der Waals surface area contributed by atoms with Crippen molar-refractivity contribution in [2.45, 2.75) is 26.4 Å². The minimum atomic E-state index is -1.10. The molecule has 3 aromatic rings. The molecule has 1 atom stereocenters. The molecule has 2 N–H and O–H groups in total. The summed E-state index contributed by atoms with van der Waals surface area (Å²) >= 11 is 0. The number of carbonyl (C=O) groups excluding carboxylic acids is 1. The maximum atomic E-state index is 14.1. The number of nitrogens with zero attached hydrogens (tertiary/aromatic N) is 3. The normalized spacial score (nSPS) is 15.2. The molecule has 4 rings (SSSR count). The first-order valence-electron chi connectivity index (χ1n) is 12.4. The summed E-state index contributed by atoms with van der Waals surface area (Å²) in [5, 5.41) is 6.38. The lowest BCUT2D eigenvalue weighted by Crippen LogP contribution is -2.23. The second-order valence-electron chi connectivity index (χ2n) is 8.66. The lowest BCUT2D eigenvalue weighted by Gasteiger charge is -2.18. The number of benzene rings is 2. The van der Waals surface area contributed by atoms with Crippen molar-refractivity contribution in [2.24, 2.45) is 0 Å². The van der Waals surface area contributed by atoms with Crippen LogP contribution in [-0.4, -0.2) is 59.7 Å². The topological polar surface area (TPSA) is 88.6 Å². The molecule has 8 nitrogen and oxygen atoms in total. The van der Waals surface area contributed by atoms with Gasteiger partial charge in [-0.05, 0) is 25.2 Å². The molecule has 1 aromatic heterocycles. The van der Waals surface area contributed by atoms with E-state index in [1.807, 2.05) is 0 Å². The van der Waals surface area contributed by atoms with Crippen LogP contribution < -0.4 is 15.4 Å². The summed E-state index contributed by atoms with van der Waals surface area (Å²) in [7, 11) is 0. The summed E-state index contributed by atoms with van der Waals surface area (Å²) in [4.78, 5) is 23.5. The van der Waals surface area contributed by atoms with Crippen LogP contribution in [0.4, 0.5) is 26.0 Å². The second kappa shape index (κ2) is 12.4. The molecule has 2 aromatic carbocycles. The van der Waals surface area contributed by atoms with Crippen molar-refractivity contribution in [1.29, 1.82) is 0 Å². The van der Waals surface area contributed by atoms with E-state index in [0.717, 1.165) is 25.6 Å². The van der Waals surface area contributed by atoms with Crippen molar-refractivity contribution >= 4 is 34.0 Å². The highest BCUT2D eigenvalue weighted by Crippen LogP contribution is 2.35. The largest absolute Gasteiger partial charge is 0.486 e. The predicted octanol–water partition coefficient (Wildman–Crippen LogP) is 4.64. The Balaban J connectivity index is 1.67. The van der Waals surface area contributed by atoms with Crippen LogP contribution in [0.3, 0.4) is 0 Å². The number of rotatable bonds is 10. The smallest absolute Gasteiger partial charge is 0.248 e. The van der Waals surface area contributed by atoms with Crippen LogP contribution in [0.25, 0.3) is 10.9 Å². The van der Waals surface area contributed by atoms with Crippen LogP contribution in [0.5, 0.6) is 5.75 Å². The Morgan fingerprint density at radius 2 is 2.08 bits per heavy atom. The molecular formula is C28H29F2N5O3. The highest BCUT2D eigenvalue weighted by atomic mass is 19.2. The number of aromatic nitrogens is 2. The Labute approximate surface area is 220 Å². The van der Waals surface area contributed by atoms with Gasteiger partial charge in [-0.2, -0.15) is 0 Å². The summed E-state index contributed by atoms with van der Waals surface area (Å²) in [6.07, 6.45) is 10.5. The van der Waals surface area contributed by atoms with Gasteiger partial charge in [-0.1, -0.05) is 25.8 Å². The number of hydrogen-bond donors (Lipinski definition) is 2. The number of ether oxygens (including phenoxy) is 2. The number of amides is 1. The molecule has 0 bridgehead atoms. The van der Waals surface area contributed by atoms with E-state index in [1.54, 1.807) is 18.2 Å². The Bertz CT molecular complexity index is 1380. The van der Waals surface area contributed by atoms with Gasteiger partial charge < -0.3 is 25.0 Å². The quantitative estimate of drug-likeness (QED) is 0.297. The van der Waals surface area contributed by atoms with E-state index in [-0.39, 0.29) is 23.3 Å². The van der Waals surface area contributed by atoms with Crippen LogP contribution in [-0.2, 0) is 9.53 Å². The average Bonchev–Trinajstić information content (AvgIpc) is 3.42. The maximum absolute atomic E-state index is 14.1. The van der Waals surface area contributed by atoms with Gasteiger partial charge in [0.15, 0.2) is 11.6 Å². The zero-order valence-corrected chi connectivity index (χ0v) is 21.3. The van der Waals surface area contributed by atoms with E-state index in [1.165, 1.54) is 18.5 Å². The second-order valence-corrected chi connectivity index (χ2v) is 8.66. The fraction of sp³-hybridized carbons (Fsp3) is 0.321. The summed E-state index contributed by atoms with van der Waals surface area (Å²) in [5.74, 6) is 0.377. The van der Waals surface area contributed by atoms with Crippen molar-refractivity contribution in [2.75, 3.05) is 43.5 Å². The van der Waals surface area contributed by atoms with Crippen LogP contribution in [0.15, 0.2) is 42.7 Å².